The fourth-order valence-electron chi connectivity index (χ4n) is 2.11. The van der Waals surface area contributed by atoms with Gasteiger partial charge in [0, 0.05) is 11.2 Å². The summed E-state index contributed by atoms with van der Waals surface area (Å²) in [5.41, 5.74) is 2.61. The number of amides is 1. The normalized spacial score (nSPS) is 11.7. The largest absolute Gasteiger partial charge is 0.472 e. The van der Waals surface area contributed by atoms with E-state index in [0.29, 0.717) is 0 Å². The molecule has 0 saturated heterocycles. The minimum atomic E-state index is -0.198. The number of carbonyl (C=O) groups excluding carboxylic acids is 1. The van der Waals surface area contributed by atoms with Gasteiger partial charge in [-0.15, -0.1) is 0 Å². The molecule has 21 heavy (non-hydrogen) atoms. The van der Waals surface area contributed by atoms with E-state index in [4.69, 9.17) is 4.42 Å². The molecule has 0 fully saturated rings. The molecule has 2 heterocycles. The lowest BCUT2D eigenvalue weighted by Gasteiger charge is -2.25. The summed E-state index contributed by atoms with van der Waals surface area (Å²) in [6.45, 7) is 10.3. The van der Waals surface area contributed by atoms with Crippen molar-refractivity contribution in [3.8, 4) is 11.4 Å². The first-order chi connectivity index (χ1) is 9.84. The number of hydrogen-bond donors (Lipinski definition) is 1. The van der Waals surface area contributed by atoms with Crippen LogP contribution in [0.25, 0.3) is 11.4 Å². The second-order valence-electron chi connectivity index (χ2n) is 5.99. The van der Waals surface area contributed by atoms with E-state index in [-0.39, 0.29) is 18.0 Å². The van der Waals surface area contributed by atoms with Gasteiger partial charge in [0.2, 0.25) is 5.91 Å². The number of aryl methyl sites for hydroxylation is 1. The monoisotopic (exact) mass is 289 g/mol. The van der Waals surface area contributed by atoms with Crippen LogP contribution in [0, 0.1) is 13.8 Å². The van der Waals surface area contributed by atoms with Crippen LogP contribution >= 0.6 is 0 Å². The zero-order chi connectivity index (χ0) is 15.6. The van der Waals surface area contributed by atoms with Crippen molar-refractivity contribution in [2.75, 3.05) is 0 Å². The molecule has 0 aliphatic heterocycles. The smallest absolute Gasteiger partial charge is 0.240 e. The number of hydrogen-bond acceptors (Lipinski definition) is 3. The number of imidazole rings is 1. The van der Waals surface area contributed by atoms with Crippen LogP contribution in [0.3, 0.4) is 0 Å². The molecular formula is C16H23N3O2. The average molecular weight is 289 g/mol. The van der Waals surface area contributed by atoms with Crippen LogP contribution in [0.4, 0.5) is 0 Å². The molecular weight excluding hydrogens is 266 g/mol. The van der Waals surface area contributed by atoms with Gasteiger partial charge in [0.05, 0.1) is 17.5 Å². The Labute approximate surface area is 125 Å². The van der Waals surface area contributed by atoms with E-state index in [0.717, 1.165) is 29.2 Å². The van der Waals surface area contributed by atoms with Crippen molar-refractivity contribution in [2.45, 2.75) is 53.1 Å². The van der Waals surface area contributed by atoms with Gasteiger partial charge >= 0.3 is 0 Å². The molecule has 5 heteroatoms. The molecule has 1 amide bonds. The molecule has 0 unspecified atom stereocenters. The molecule has 0 atom stereocenters. The minimum Gasteiger partial charge on any atom is -0.472 e. The first kappa shape index (κ1) is 15.4. The van der Waals surface area contributed by atoms with Gasteiger partial charge < -0.3 is 14.3 Å². The molecule has 2 rings (SSSR count). The van der Waals surface area contributed by atoms with Gasteiger partial charge in [-0.25, -0.2) is 4.98 Å². The number of aromatic nitrogens is 2. The standard InChI is InChI=1S/C16H23N3O2/c1-6-16(4,5)18-14(20)9-19-12(3)11(2)17-15(19)13-7-8-21-10-13/h7-8,10H,6,9H2,1-5H3,(H,18,20). The van der Waals surface area contributed by atoms with Crippen molar-refractivity contribution >= 4 is 5.91 Å². The number of furan rings is 1. The number of carbonyl (C=O) groups is 1. The maximum Gasteiger partial charge on any atom is 0.240 e. The van der Waals surface area contributed by atoms with Crippen LogP contribution < -0.4 is 5.32 Å². The zero-order valence-electron chi connectivity index (χ0n) is 13.4. The van der Waals surface area contributed by atoms with E-state index in [1.807, 2.05) is 38.3 Å². The van der Waals surface area contributed by atoms with Crippen molar-refractivity contribution in [1.82, 2.24) is 14.9 Å². The van der Waals surface area contributed by atoms with Gasteiger partial charge in [-0.3, -0.25) is 4.79 Å². The highest BCUT2D eigenvalue weighted by molar-refractivity contribution is 5.77. The van der Waals surface area contributed by atoms with Crippen LogP contribution in [0.5, 0.6) is 0 Å². The lowest BCUT2D eigenvalue weighted by molar-refractivity contribution is -0.123. The lowest BCUT2D eigenvalue weighted by Crippen LogP contribution is -2.44. The SMILES string of the molecule is CCC(C)(C)NC(=O)Cn1c(-c2ccoc2)nc(C)c1C. The summed E-state index contributed by atoms with van der Waals surface area (Å²) in [6.07, 6.45) is 4.14. The molecule has 0 saturated carbocycles. The predicted octanol–water partition coefficient (Wildman–Crippen LogP) is 3.06. The Morgan fingerprint density at radius 3 is 2.71 bits per heavy atom. The number of nitrogens with zero attached hydrogens (tertiary/aromatic N) is 2. The second kappa shape index (κ2) is 5.76. The molecule has 0 aliphatic rings. The van der Waals surface area contributed by atoms with Crippen LogP contribution in [0.1, 0.15) is 38.6 Å². The highest BCUT2D eigenvalue weighted by Gasteiger charge is 2.21. The van der Waals surface area contributed by atoms with E-state index in [1.165, 1.54) is 0 Å². The van der Waals surface area contributed by atoms with E-state index in [2.05, 4.69) is 17.2 Å². The molecule has 2 aromatic heterocycles. The second-order valence-corrected chi connectivity index (χ2v) is 5.99. The van der Waals surface area contributed by atoms with Gasteiger partial charge in [0.15, 0.2) is 0 Å². The highest BCUT2D eigenvalue weighted by Crippen LogP contribution is 2.22. The summed E-state index contributed by atoms with van der Waals surface area (Å²) in [5, 5.41) is 3.05. The first-order valence-corrected chi connectivity index (χ1v) is 7.21. The van der Waals surface area contributed by atoms with Crippen LogP contribution in [-0.4, -0.2) is 21.0 Å². The Hall–Kier alpha value is -2.04. The maximum atomic E-state index is 12.3. The van der Waals surface area contributed by atoms with Gasteiger partial charge in [-0.2, -0.15) is 0 Å². The third-order valence-corrected chi connectivity index (χ3v) is 3.90. The molecule has 0 aromatic carbocycles. The predicted molar refractivity (Wildman–Crippen MR) is 81.9 cm³/mol. The topological polar surface area (TPSA) is 60.1 Å². The zero-order valence-corrected chi connectivity index (χ0v) is 13.4. The quantitative estimate of drug-likeness (QED) is 0.920. The van der Waals surface area contributed by atoms with Gasteiger partial charge in [-0.1, -0.05) is 6.92 Å². The van der Waals surface area contributed by atoms with Gasteiger partial charge in [0.1, 0.15) is 18.6 Å². The van der Waals surface area contributed by atoms with E-state index in [1.54, 1.807) is 12.5 Å². The molecule has 0 radical (unpaired) electrons. The fourth-order valence-corrected chi connectivity index (χ4v) is 2.11. The summed E-state index contributed by atoms with van der Waals surface area (Å²) >= 11 is 0. The fraction of sp³-hybridized carbons (Fsp3) is 0.500. The molecule has 5 nitrogen and oxygen atoms in total. The van der Waals surface area contributed by atoms with Crippen LogP contribution in [-0.2, 0) is 11.3 Å². The Morgan fingerprint density at radius 1 is 1.43 bits per heavy atom. The van der Waals surface area contributed by atoms with E-state index < -0.39 is 0 Å². The average Bonchev–Trinajstić information content (AvgIpc) is 3.02. The van der Waals surface area contributed by atoms with E-state index >= 15 is 0 Å². The van der Waals surface area contributed by atoms with Crippen LogP contribution in [0.15, 0.2) is 23.0 Å². The third kappa shape index (κ3) is 3.35. The summed E-state index contributed by atoms with van der Waals surface area (Å²) < 4.78 is 7.05. The molecule has 0 bridgehead atoms. The Bertz CT molecular complexity index is 624. The summed E-state index contributed by atoms with van der Waals surface area (Å²) in [7, 11) is 0. The minimum absolute atomic E-state index is 0.00732. The van der Waals surface area contributed by atoms with Gasteiger partial charge in [-0.05, 0) is 40.2 Å². The third-order valence-electron chi connectivity index (χ3n) is 3.90. The van der Waals surface area contributed by atoms with Crippen molar-refractivity contribution in [1.29, 1.82) is 0 Å². The highest BCUT2D eigenvalue weighted by atomic mass is 16.3. The van der Waals surface area contributed by atoms with Gasteiger partial charge in [0.25, 0.3) is 0 Å². The van der Waals surface area contributed by atoms with Crippen molar-refractivity contribution in [3.05, 3.63) is 30.0 Å². The van der Waals surface area contributed by atoms with Crippen molar-refractivity contribution in [2.24, 2.45) is 0 Å². The Morgan fingerprint density at radius 2 is 2.14 bits per heavy atom. The number of rotatable bonds is 5. The first-order valence-electron chi connectivity index (χ1n) is 7.21. The summed E-state index contributed by atoms with van der Waals surface area (Å²) in [5.74, 6) is 0.760. The molecule has 1 N–H and O–H groups in total. The molecule has 2 aromatic rings. The Kier molecular flexibility index (Phi) is 4.21. The van der Waals surface area contributed by atoms with Crippen molar-refractivity contribution < 1.29 is 9.21 Å². The molecule has 0 aliphatic carbocycles. The maximum absolute atomic E-state index is 12.3. The molecule has 114 valence electrons. The van der Waals surface area contributed by atoms with Crippen LogP contribution in [0.2, 0.25) is 0 Å². The Balaban J connectivity index is 2.26. The van der Waals surface area contributed by atoms with Crippen molar-refractivity contribution in [3.63, 3.8) is 0 Å². The molecule has 0 spiro atoms. The summed E-state index contributed by atoms with van der Waals surface area (Å²) in [4.78, 5) is 16.8. The lowest BCUT2D eigenvalue weighted by atomic mass is 10.0. The van der Waals surface area contributed by atoms with E-state index in [9.17, 15) is 4.79 Å². The number of nitrogens with one attached hydrogen (secondary N) is 1. The summed E-state index contributed by atoms with van der Waals surface area (Å²) in [6, 6.07) is 1.85.